The molecule has 10 nitrogen and oxygen atoms in total. The molecule has 10 heteroatoms. The van der Waals surface area contributed by atoms with E-state index in [1.807, 2.05) is 0 Å². The Kier molecular flexibility index (Phi) is 7.43. The summed E-state index contributed by atoms with van der Waals surface area (Å²) in [6.45, 7) is 5.03. The molecule has 4 atom stereocenters. The molecule has 1 fully saturated rings. The number of esters is 3. The second-order valence-electron chi connectivity index (χ2n) is 4.91. The number of rotatable bonds is 5. The minimum atomic E-state index is -1.21. The molecule has 1 N–H and O–H groups in total. The van der Waals surface area contributed by atoms with Crippen LogP contribution in [0.25, 0.3) is 0 Å². The van der Waals surface area contributed by atoms with Crippen LogP contribution in [0, 0.1) is 0 Å². The fourth-order valence-electron chi connectivity index (χ4n) is 2.15. The summed E-state index contributed by atoms with van der Waals surface area (Å²) in [5.74, 6) is -2.00. The van der Waals surface area contributed by atoms with Gasteiger partial charge in [-0.2, -0.15) is 0 Å². The normalized spacial score (nSPS) is 26.0. The first-order valence-corrected chi connectivity index (χ1v) is 7.31. The van der Waals surface area contributed by atoms with E-state index in [-0.39, 0.29) is 13.2 Å². The van der Waals surface area contributed by atoms with Crippen molar-refractivity contribution in [1.29, 1.82) is 0 Å². The van der Waals surface area contributed by atoms with Crippen LogP contribution in [0.4, 0.5) is 4.79 Å². The number of hydrogen-bond acceptors (Lipinski definition) is 9. The summed E-state index contributed by atoms with van der Waals surface area (Å²) in [6.07, 6.45) is -5.28. The molecule has 1 heterocycles. The van der Waals surface area contributed by atoms with Gasteiger partial charge in [-0.05, 0) is 6.92 Å². The van der Waals surface area contributed by atoms with Gasteiger partial charge in [-0.25, -0.2) is 4.79 Å². The van der Waals surface area contributed by atoms with E-state index in [0.29, 0.717) is 0 Å². The predicted molar refractivity (Wildman–Crippen MR) is 76.6 cm³/mol. The molecule has 136 valence electrons. The summed E-state index contributed by atoms with van der Waals surface area (Å²) in [4.78, 5) is 45.5. The number of ether oxygens (including phenoxy) is 5. The Morgan fingerprint density at radius 2 is 1.50 bits per heavy atom. The monoisotopic (exact) mass is 347 g/mol. The molecule has 0 aromatic carbocycles. The maximum absolute atomic E-state index is 11.6. The van der Waals surface area contributed by atoms with Gasteiger partial charge in [0.2, 0.25) is 0 Å². The lowest BCUT2D eigenvalue weighted by molar-refractivity contribution is -0.228. The molecule has 0 aromatic rings. The largest absolute Gasteiger partial charge is 0.456 e. The van der Waals surface area contributed by atoms with Crippen molar-refractivity contribution in [1.82, 2.24) is 5.32 Å². The van der Waals surface area contributed by atoms with E-state index in [0.717, 1.165) is 13.8 Å². The van der Waals surface area contributed by atoms with Crippen LogP contribution in [0.15, 0.2) is 0 Å². The van der Waals surface area contributed by atoms with Crippen LogP contribution in [0.1, 0.15) is 27.7 Å². The van der Waals surface area contributed by atoms with Gasteiger partial charge in [-0.1, -0.05) is 0 Å². The molecule has 1 rings (SSSR count). The molecular formula is C14H21NO9. The van der Waals surface area contributed by atoms with Crippen molar-refractivity contribution < 1.29 is 42.9 Å². The molecule has 0 saturated carbocycles. The van der Waals surface area contributed by atoms with E-state index >= 15 is 0 Å². The number of alkyl carbamates (subject to hydrolysis) is 1. The minimum Gasteiger partial charge on any atom is -0.456 e. The first kappa shape index (κ1) is 19.7. The van der Waals surface area contributed by atoms with Crippen molar-refractivity contribution in [3.05, 3.63) is 0 Å². The second kappa shape index (κ2) is 9.06. The maximum atomic E-state index is 11.6. The lowest BCUT2D eigenvalue weighted by atomic mass is 10.0. The van der Waals surface area contributed by atoms with Gasteiger partial charge >= 0.3 is 24.0 Å². The van der Waals surface area contributed by atoms with E-state index in [1.165, 1.54) is 6.92 Å². The summed E-state index contributed by atoms with van der Waals surface area (Å²) in [5, 5.41) is 2.36. The van der Waals surface area contributed by atoms with Crippen LogP contribution < -0.4 is 5.32 Å². The van der Waals surface area contributed by atoms with Crippen molar-refractivity contribution >= 4 is 24.0 Å². The molecular weight excluding hydrogens is 326 g/mol. The number of carbonyl (C=O) groups excluding carboxylic acids is 4. The van der Waals surface area contributed by atoms with Crippen LogP contribution in [-0.4, -0.2) is 61.8 Å². The number of nitrogens with one attached hydrogen (secondary N) is 1. The molecule has 24 heavy (non-hydrogen) atoms. The zero-order valence-electron chi connectivity index (χ0n) is 13.9. The maximum Gasteiger partial charge on any atom is 0.409 e. The fourth-order valence-corrected chi connectivity index (χ4v) is 2.15. The first-order valence-electron chi connectivity index (χ1n) is 7.31. The predicted octanol–water partition coefficient (Wildman–Crippen LogP) is -0.116. The Balaban J connectivity index is 3.01. The smallest absolute Gasteiger partial charge is 0.409 e. The Morgan fingerprint density at radius 3 is 2.00 bits per heavy atom. The van der Waals surface area contributed by atoms with Crippen molar-refractivity contribution in [2.75, 3.05) is 13.2 Å². The van der Waals surface area contributed by atoms with Gasteiger partial charge in [0.25, 0.3) is 0 Å². The van der Waals surface area contributed by atoms with E-state index < -0.39 is 48.5 Å². The third-order valence-electron chi connectivity index (χ3n) is 2.89. The standard InChI is InChI=1S/C14H21NO9/c1-5-20-14(19)15-13-12(24-9(4)18)11(23-8(3)17)10(6-21-13)22-7(2)16/h10-13H,5-6H2,1-4H3,(H,15,19). The number of carbonyl (C=O) groups is 4. The highest BCUT2D eigenvalue weighted by molar-refractivity contribution is 5.69. The van der Waals surface area contributed by atoms with Gasteiger partial charge < -0.3 is 23.7 Å². The van der Waals surface area contributed by atoms with E-state index in [2.05, 4.69) is 5.32 Å². The fraction of sp³-hybridized carbons (Fsp3) is 0.714. The van der Waals surface area contributed by atoms with Gasteiger partial charge in [-0.3, -0.25) is 19.7 Å². The Morgan fingerprint density at radius 1 is 0.958 bits per heavy atom. The minimum absolute atomic E-state index is 0.125. The van der Waals surface area contributed by atoms with Crippen molar-refractivity contribution in [2.24, 2.45) is 0 Å². The van der Waals surface area contributed by atoms with Gasteiger partial charge in [-0.15, -0.1) is 0 Å². The van der Waals surface area contributed by atoms with Crippen LogP contribution in [0.5, 0.6) is 0 Å². The lowest BCUT2D eigenvalue weighted by Crippen LogP contribution is -2.62. The van der Waals surface area contributed by atoms with Gasteiger partial charge in [0.05, 0.1) is 13.2 Å². The molecule has 1 saturated heterocycles. The summed E-state index contributed by atoms with van der Waals surface area (Å²) < 4.78 is 25.4. The summed E-state index contributed by atoms with van der Waals surface area (Å²) in [5.41, 5.74) is 0. The lowest BCUT2D eigenvalue weighted by Gasteiger charge is -2.40. The number of hydrogen-bond donors (Lipinski definition) is 1. The zero-order valence-corrected chi connectivity index (χ0v) is 13.9. The van der Waals surface area contributed by atoms with Crippen molar-refractivity contribution in [2.45, 2.75) is 52.2 Å². The second-order valence-corrected chi connectivity index (χ2v) is 4.91. The van der Waals surface area contributed by atoms with E-state index in [9.17, 15) is 19.2 Å². The Hall–Kier alpha value is -2.36. The topological polar surface area (TPSA) is 126 Å². The summed E-state index contributed by atoms with van der Waals surface area (Å²) in [6, 6.07) is 0. The third-order valence-corrected chi connectivity index (χ3v) is 2.89. The average Bonchev–Trinajstić information content (AvgIpc) is 2.44. The Labute approximate surface area is 138 Å². The number of amides is 1. The molecule has 0 spiro atoms. The highest BCUT2D eigenvalue weighted by Gasteiger charge is 2.47. The molecule has 1 amide bonds. The summed E-state index contributed by atoms with van der Waals surface area (Å²) >= 11 is 0. The van der Waals surface area contributed by atoms with Crippen LogP contribution in [0.3, 0.4) is 0 Å². The first-order chi connectivity index (χ1) is 11.2. The zero-order chi connectivity index (χ0) is 18.3. The molecule has 0 bridgehead atoms. The van der Waals surface area contributed by atoms with Crippen LogP contribution in [0.2, 0.25) is 0 Å². The Bertz CT molecular complexity index is 493. The van der Waals surface area contributed by atoms with Crippen molar-refractivity contribution in [3.8, 4) is 0 Å². The third kappa shape index (κ3) is 6.03. The molecule has 0 aliphatic carbocycles. The quantitative estimate of drug-likeness (QED) is 0.535. The molecule has 0 radical (unpaired) electrons. The SMILES string of the molecule is CCOC(=O)NC1OCC(OC(C)=O)C(OC(C)=O)C1OC(C)=O. The van der Waals surface area contributed by atoms with E-state index in [1.54, 1.807) is 6.92 Å². The molecule has 0 aromatic heterocycles. The molecule has 4 unspecified atom stereocenters. The van der Waals surface area contributed by atoms with Crippen LogP contribution in [-0.2, 0) is 38.1 Å². The molecule has 1 aliphatic rings. The summed E-state index contributed by atoms with van der Waals surface area (Å²) in [7, 11) is 0. The van der Waals surface area contributed by atoms with Crippen LogP contribution >= 0.6 is 0 Å². The van der Waals surface area contributed by atoms with Gasteiger partial charge in [0, 0.05) is 20.8 Å². The van der Waals surface area contributed by atoms with Gasteiger partial charge in [0.15, 0.2) is 24.5 Å². The highest BCUT2D eigenvalue weighted by Crippen LogP contribution is 2.23. The van der Waals surface area contributed by atoms with Gasteiger partial charge in [0.1, 0.15) is 0 Å². The van der Waals surface area contributed by atoms with Crippen molar-refractivity contribution in [3.63, 3.8) is 0 Å². The van der Waals surface area contributed by atoms with E-state index in [4.69, 9.17) is 23.7 Å². The molecule has 1 aliphatic heterocycles. The average molecular weight is 347 g/mol. The highest BCUT2D eigenvalue weighted by atomic mass is 16.6.